The van der Waals surface area contributed by atoms with E-state index in [0.29, 0.717) is 50.1 Å². The van der Waals surface area contributed by atoms with Crippen LogP contribution in [0.1, 0.15) is 52.4 Å². The molecule has 0 bridgehead atoms. The van der Waals surface area contributed by atoms with Gasteiger partial charge in [0.05, 0.1) is 13.2 Å². The van der Waals surface area contributed by atoms with Gasteiger partial charge in [0.25, 0.3) is 0 Å². The Morgan fingerprint density at radius 3 is 2.50 bits per heavy atom. The highest BCUT2D eigenvalue weighted by Crippen LogP contribution is 2.62. The van der Waals surface area contributed by atoms with Crippen molar-refractivity contribution in [2.24, 2.45) is 29.1 Å². The Labute approximate surface area is 131 Å². The number of fused-ring (bicyclic) bond motifs is 3. The van der Waals surface area contributed by atoms with Gasteiger partial charge in [0, 0.05) is 37.5 Å². The van der Waals surface area contributed by atoms with E-state index < -0.39 is 5.79 Å². The lowest BCUT2D eigenvalue weighted by Gasteiger charge is -2.59. The molecule has 1 aliphatic heterocycles. The number of Topliss-reactive ketones (excluding diaryl/α,β-unsaturated/α-hetero) is 2. The molecule has 4 nitrogen and oxygen atoms in total. The molecule has 0 amide bonds. The average Bonchev–Trinajstić information content (AvgIpc) is 2.97. The van der Waals surface area contributed by atoms with Crippen LogP contribution in [0.2, 0.25) is 0 Å². The number of carbonyl (C=O) groups excluding carboxylic acids is 2. The van der Waals surface area contributed by atoms with E-state index in [1.54, 1.807) is 0 Å². The minimum absolute atomic E-state index is 0.0193. The summed E-state index contributed by atoms with van der Waals surface area (Å²) in [5.41, 5.74) is 0.152. The summed E-state index contributed by atoms with van der Waals surface area (Å²) in [6.07, 6.45) is 4.60. The van der Waals surface area contributed by atoms with Gasteiger partial charge in [-0.15, -0.1) is 0 Å². The van der Waals surface area contributed by atoms with Gasteiger partial charge in [0.1, 0.15) is 11.6 Å². The molecular weight excluding hydrogens is 280 g/mol. The molecule has 0 aromatic carbocycles. The van der Waals surface area contributed by atoms with Crippen LogP contribution in [-0.4, -0.2) is 30.6 Å². The zero-order valence-corrected chi connectivity index (χ0v) is 13.6. The molecule has 22 heavy (non-hydrogen) atoms. The van der Waals surface area contributed by atoms with E-state index in [-0.39, 0.29) is 23.0 Å². The number of carbonyl (C=O) groups is 2. The molecule has 1 spiro atoms. The summed E-state index contributed by atoms with van der Waals surface area (Å²) in [5, 5.41) is 0. The maximum Gasteiger partial charge on any atom is 0.171 e. The van der Waals surface area contributed by atoms with Gasteiger partial charge in [-0.1, -0.05) is 13.8 Å². The predicted octanol–water partition coefficient (Wildman–Crippen LogP) is 2.74. The van der Waals surface area contributed by atoms with Gasteiger partial charge < -0.3 is 9.47 Å². The number of rotatable bonds is 0. The molecule has 0 aromatic rings. The van der Waals surface area contributed by atoms with Gasteiger partial charge in [0.15, 0.2) is 5.79 Å². The number of hydrogen-bond acceptors (Lipinski definition) is 4. The highest BCUT2D eigenvalue weighted by molar-refractivity contribution is 5.90. The van der Waals surface area contributed by atoms with Crippen LogP contribution < -0.4 is 0 Å². The summed E-state index contributed by atoms with van der Waals surface area (Å²) in [6.45, 7) is 5.90. The third kappa shape index (κ3) is 1.89. The molecule has 5 atom stereocenters. The van der Waals surface area contributed by atoms with Gasteiger partial charge in [-0.25, -0.2) is 0 Å². The molecule has 4 heteroatoms. The van der Waals surface area contributed by atoms with Crippen LogP contribution in [-0.2, 0) is 19.1 Å². The van der Waals surface area contributed by atoms with Crippen molar-refractivity contribution in [1.29, 1.82) is 0 Å². The molecule has 3 aliphatic carbocycles. The van der Waals surface area contributed by atoms with Crippen LogP contribution in [0.5, 0.6) is 0 Å². The molecule has 4 aliphatic rings. The van der Waals surface area contributed by atoms with Crippen LogP contribution in [0.25, 0.3) is 0 Å². The summed E-state index contributed by atoms with van der Waals surface area (Å²) in [7, 11) is 0. The SMILES string of the molecule is CC1C2CC(=O)C3CC(=O)CCC3C2(C)CCC12OCCO2. The molecule has 1 saturated heterocycles. The highest BCUT2D eigenvalue weighted by atomic mass is 16.7. The summed E-state index contributed by atoms with van der Waals surface area (Å²) in [5.74, 6) is 1.05. The fourth-order valence-corrected chi connectivity index (χ4v) is 5.99. The van der Waals surface area contributed by atoms with Crippen molar-refractivity contribution in [1.82, 2.24) is 0 Å². The van der Waals surface area contributed by atoms with E-state index in [1.807, 2.05) is 0 Å². The quantitative estimate of drug-likeness (QED) is 0.690. The van der Waals surface area contributed by atoms with Crippen LogP contribution in [0.3, 0.4) is 0 Å². The molecule has 3 saturated carbocycles. The minimum Gasteiger partial charge on any atom is -0.347 e. The van der Waals surface area contributed by atoms with Crippen molar-refractivity contribution in [3.63, 3.8) is 0 Å². The Morgan fingerprint density at radius 2 is 1.77 bits per heavy atom. The van der Waals surface area contributed by atoms with E-state index >= 15 is 0 Å². The zero-order valence-electron chi connectivity index (χ0n) is 13.6. The first-order valence-corrected chi connectivity index (χ1v) is 8.79. The standard InChI is InChI=1S/C18H26O4/c1-11-15-10-16(20)13-9-12(19)3-4-14(13)17(15,2)5-6-18(11)21-7-8-22-18/h11,13-15H,3-10H2,1-2H3. The van der Waals surface area contributed by atoms with Crippen LogP contribution >= 0.6 is 0 Å². The van der Waals surface area contributed by atoms with E-state index in [2.05, 4.69) is 13.8 Å². The van der Waals surface area contributed by atoms with E-state index in [9.17, 15) is 9.59 Å². The summed E-state index contributed by atoms with van der Waals surface area (Å²) in [4.78, 5) is 24.5. The third-order valence-corrected chi connectivity index (χ3v) is 7.28. The lowest BCUT2D eigenvalue weighted by atomic mass is 9.46. The lowest BCUT2D eigenvalue weighted by molar-refractivity contribution is -0.255. The van der Waals surface area contributed by atoms with Crippen LogP contribution in [0.4, 0.5) is 0 Å². The summed E-state index contributed by atoms with van der Waals surface area (Å²) in [6, 6.07) is 0. The Hall–Kier alpha value is -0.740. The minimum atomic E-state index is -0.457. The summed E-state index contributed by atoms with van der Waals surface area (Å²) >= 11 is 0. The van der Waals surface area contributed by atoms with Crippen molar-refractivity contribution < 1.29 is 19.1 Å². The molecule has 4 fully saturated rings. The lowest BCUT2D eigenvalue weighted by Crippen LogP contribution is -2.59. The number of hydrogen-bond donors (Lipinski definition) is 0. The maximum atomic E-state index is 12.7. The first-order valence-electron chi connectivity index (χ1n) is 8.79. The molecule has 1 heterocycles. The zero-order chi connectivity index (χ0) is 15.5. The second-order valence-corrected chi connectivity index (χ2v) is 8.07. The molecule has 0 aromatic heterocycles. The second kappa shape index (κ2) is 4.88. The molecule has 5 unspecified atom stereocenters. The Kier molecular flexibility index (Phi) is 3.29. The van der Waals surface area contributed by atoms with E-state index in [1.165, 1.54) is 0 Å². The van der Waals surface area contributed by atoms with E-state index in [0.717, 1.165) is 19.3 Å². The van der Waals surface area contributed by atoms with Crippen LogP contribution in [0.15, 0.2) is 0 Å². The van der Waals surface area contributed by atoms with Gasteiger partial charge in [0.2, 0.25) is 0 Å². The first-order chi connectivity index (χ1) is 10.5. The van der Waals surface area contributed by atoms with Crippen molar-refractivity contribution in [3.8, 4) is 0 Å². The fraction of sp³-hybridized carbons (Fsp3) is 0.889. The maximum absolute atomic E-state index is 12.7. The first kappa shape index (κ1) is 14.8. The molecule has 0 radical (unpaired) electrons. The van der Waals surface area contributed by atoms with Gasteiger partial charge >= 0.3 is 0 Å². The summed E-state index contributed by atoms with van der Waals surface area (Å²) < 4.78 is 12.0. The Morgan fingerprint density at radius 1 is 1.05 bits per heavy atom. The largest absolute Gasteiger partial charge is 0.347 e. The molecule has 4 rings (SSSR count). The van der Waals surface area contributed by atoms with Crippen molar-refractivity contribution >= 4 is 11.6 Å². The third-order valence-electron chi connectivity index (χ3n) is 7.28. The monoisotopic (exact) mass is 306 g/mol. The Bertz CT molecular complexity index is 507. The second-order valence-electron chi connectivity index (χ2n) is 8.07. The van der Waals surface area contributed by atoms with E-state index in [4.69, 9.17) is 9.47 Å². The molecule has 0 N–H and O–H groups in total. The van der Waals surface area contributed by atoms with Gasteiger partial charge in [-0.2, -0.15) is 0 Å². The van der Waals surface area contributed by atoms with Gasteiger partial charge in [-0.05, 0) is 30.1 Å². The average molecular weight is 306 g/mol. The molecule has 122 valence electrons. The predicted molar refractivity (Wildman–Crippen MR) is 80.1 cm³/mol. The topological polar surface area (TPSA) is 52.6 Å². The van der Waals surface area contributed by atoms with Crippen molar-refractivity contribution in [2.45, 2.75) is 58.2 Å². The fourth-order valence-electron chi connectivity index (χ4n) is 5.99. The highest BCUT2D eigenvalue weighted by Gasteiger charge is 2.61. The number of ketones is 2. The smallest absolute Gasteiger partial charge is 0.171 e. The van der Waals surface area contributed by atoms with Crippen molar-refractivity contribution in [3.05, 3.63) is 0 Å². The Balaban J connectivity index is 1.67. The number of ether oxygens (including phenoxy) is 2. The van der Waals surface area contributed by atoms with Gasteiger partial charge in [-0.3, -0.25) is 9.59 Å². The normalized spacial score (nSPS) is 47.4. The van der Waals surface area contributed by atoms with Crippen molar-refractivity contribution in [2.75, 3.05) is 13.2 Å². The van der Waals surface area contributed by atoms with Crippen LogP contribution in [0, 0.1) is 29.1 Å². The molecular formula is C18H26O4.